The highest BCUT2D eigenvalue weighted by Crippen LogP contribution is 2.40. The quantitative estimate of drug-likeness (QED) is 0.364. The fourth-order valence-electron chi connectivity index (χ4n) is 2.62. The molecule has 0 heterocycles. The predicted octanol–water partition coefficient (Wildman–Crippen LogP) is 6.16. The molecular formula is C18H30ClO2P. The molecule has 0 saturated carbocycles. The summed E-state index contributed by atoms with van der Waals surface area (Å²) in [4.78, 5) is 10.1. The summed E-state index contributed by atoms with van der Waals surface area (Å²) in [6.45, 7) is 2.24. The van der Waals surface area contributed by atoms with Gasteiger partial charge in [0.1, 0.15) is 0 Å². The zero-order valence-corrected chi connectivity index (χ0v) is 15.4. The molecule has 0 bridgehead atoms. The number of halogens is 1. The second-order valence-electron chi connectivity index (χ2n) is 6.08. The van der Waals surface area contributed by atoms with Crippen molar-refractivity contribution in [3.63, 3.8) is 0 Å². The molecule has 22 heavy (non-hydrogen) atoms. The van der Waals surface area contributed by atoms with E-state index in [1.807, 2.05) is 0 Å². The number of hydrogen-bond donors (Lipinski definition) is 1. The van der Waals surface area contributed by atoms with Crippen molar-refractivity contribution in [2.75, 3.05) is 6.16 Å². The molecule has 0 fully saturated rings. The molecule has 126 valence electrons. The summed E-state index contributed by atoms with van der Waals surface area (Å²) in [5.41, 5.74) is 0. The molecular weight excluding hydrogens is 315 g/mol. The molecule has 0 aliphatic carbocycles. The second-order valence-corrected chi connectivity index (χ2v) is 8.89. The highest BCUT2D eigenvalue weighted by molar-refractivity contribution is 7.66. The lowest BCUT2D eigenvalue weighted by atomic mass is 10.1. The summed E-state index contributed by atoms with van der Waals surface area (Å²) in [6, 6.07) is 6.69. The second kappa shape index (κ2) is 11.3. The zero-order valence-electron chi connectivity index (χ0n) is 13.8. The van der Waals surface area contributed by atoms with Crippen molar-refractivity contribution in [2.24, 2.45) is 0 Å². The van der Waals surface area contributed by atoms with Gasteiger partial charge in [0, 0.05) is 16.5 Å². The summed E-state index contributed by atoms with van der Waals surface area (Å²) >= 11 is 5.81. The van der Waals surface area contributed by atoms with Crippen molar-refractivity contribution < 1.29 is 9.46 Å². The van der Waals surface area contributed by atoms with Crippen molar-refractivity contribution in [1.29, 1.82) is 0 Å². The van der Waals surface area contributed by atoms with E-state index in [1.54, 1.807) is 24.3 Å². The van der Waals surface area contributed by atoms with Crippen LogP contribution in [0.4, 0.5) is 0 Å². The van der Waals surface area contributed by atoms with Crippen molar-refractivity contribution in [2.45, 2.75) is 71.1 Å². The predicted molar refractivity (Wildman–Crippen MR) is 97.6 cm³/mol. The van der Waals surface area contributed by atoms with Gasteiger partial charge in [0.05, 0.1) is 0 Å². The fourth-order valence-corrected chi connectivity index (χ4v) is 4.27. The molecule has 0 radical (unpaired) electrons. The minimum Gasteiger partial charge on any atom is -0.341 e. The first-order valence-electron chi connectivity index (χ1n) is 8.64. The Morgan fingerprint density at radius 1 is 0.864 bits per heavy atom. The zero-order chi connectivity index (χ0) is 16.3. The van der Waals surface area contributed by atoms with Crippen LogP contribution in [0.5, 0.6) is 0 Å². The molecule has 0 aliphatic heterocycles. The van der Waals surface area contributed by atoms with Gasteiger partial charge < -0.3 is 4.89 Å². The first kappa shape index (κ1) is 19.7. The maximum absolute atomic E-state index is 12.3. The Balaban J connectivity index is 2.08. The Labute approximate surface area is 140 Å². The Bertz CT molecular complexity index is 445. The van der Waals surface area contributed by atoms with Gasteiger partial charge in [-0.25, -0.2) is 0 Å². The molecule has 0 amide bonds. The highest BCUT2D eigenvalue weighted by atomic mass is 35.5. The molecule has 0 aromatic heterocycles. The molecule has 1 unspecified atom stereocenters. The average molecular weight is 345 g/mol. The van der Waals surface area contributed by atoms with Crippen LogP contribution in [0.2, 0.25) is 5.02 Å². The molecule has 1 aromatic rings. The molecule has 1 atom stereocenters. The molecule has 2 nitrogen and oxygen atoms in total. The molecule has 1 N–H and O–H groups in total. The normalized spacial score (nSPS) is 14.0. The lowest BCUT2D eigenvalue weighted by molar-refractivity contribution is 0.485. The maximum Gasteiger partial charge on any atom is 0.229 e. The van der Waals surface area contributed by atoms with E-state index in [2.05, 4.69) is 6.92 Å². The Morgan fingerprint density at radius 2 is 1.32 bits per heavy atom. The van der Waals surface area contributed by atoms with Crippen LogP contribution in [0.3, 0.4) is 0 Å². The van der Waals surface area contributed by atoms with E-state index in [4.69, 9.17) is 11.6 Å². The number of rotatable bonds is 12. The van der Waals surface area contributed by atoms with Crippen molar-refractivity contribution in [3.05, 3.63) is 29.3 Å². The molecule has 0 saturated heterocycles. The third-order valence-electron chi connectivity index (χ3n) is 4.04. The van der Waals surface area contributed by atoms with Crippen molar-refractivity contribution in [1.82, 2.24) is 0 Å². The van der Waals surface area contributed by atoms with Crippen LogP contribution in [0, 0.1) is 0 Å². The standard InChI is InChI=1S/C18H30ClO2P/c1-2-3-4-5-6-7-8-9-10-11-16-22(20,21)18-14-12-17(19)13-15-18/h12-15H,2-11,16H2,1H3,(H,20,21). The Morgan fingerprint density at radius 3 is 1.82 bits per heavy atom. The summed E-state index contributed by atoms with van der Waals surface area (Å²) in [6.07, 6.45) is 12.7. The molecule has 1 aromatic carbocycles. The van der Waals surface area contributed by atoms with Crippen LogP contribution < -0.4 is 5.30 Å². The fraction of sp³-hybridized carbons (Fsp3) is 0.667. The molecule has 0 aliphatic rings. The first-order chi connectivity index (χ1) is 10.6. The van der Waals surface area contributed by atoms with Gasteiger partial charge in [-0.3, -0.25) is 4.57 Å². The third-order valence-corrected chi connectivity index (χ3v) is 6.32. The van der Waals surface area contributed by atoms with Gasteiger partial charge in [0.2, 0.25) is 7.37 Å². The van der Waals surface area contributed by atoms with Crippen LogP contribution in [0.15, 0.2) is 24.3 Å². The lowest BCUT2D eigenvalue weighted by Crippen LogP contribution is -2.06. The van der Waals surface area contributed by atoms with Crippen molar-refractivity contribution >= 4 is 24.3 Å². The van der Waals surface area contributed by atoms with Crippen molar-refractivity contribution in [3.8, 4) is 0 Å². The Kier molecular flexibility index (Phi) is 10.1. The van der Waals surface area contributed by atoms with E-state index >= 15 is 0 Å². The van der Waals surface area contributed by atoms with E-state index in [1.165, 1.54) is 51.4 Å². The van der Waals surface area contributed by atoms with Crippen LogP contribution in [0.1, 0.15) is 71.1 Å². The first-order valence-corrected chi connectivity index (χ1v) is 10.9. The van der Waals surface area contributed by atoms with Crippen LogP contribution in [-0.4, -0.2) is 11.1 Å². The van der Waals surface area contributed by atoms with E-state index in [9.17, 15) is 9.46 Å². The minimum absolute atomic E-state index is 0.380. The van der Waals surface area contributed by atoms with E-state index in [0.717, 1.165) is 12.8 Å². The van der Waals surface area contributed by atoms with Gasteiger partial charge in [0.25, 0.3) is 0 Å². The SMILES string of the molecule is CCCCCCCCCCCCP(=O)(O)c1ccc(Cl)cc1. The monoisotopic (exact) mass is 344 g/mol. The molecule has 1 rings (SSSR count). The molecule has 4 heteroatoms. The third kappa shape index (κ3) is 8.36. The van der Waals surface area contributed by atoms with E-state index < -0.39 is 7.37 Å². The van der Waals surface area contributed by atoms with Gasteiger partial charge in [-0.15, -0.1) is 0 Å². The van der Waals surface area contributed by atoms with Gasteiger partial charge >= 0.3 is 0 Å². The number of benzene rings is 1. The maximum atomic E-state index is 12.3. The van der Waals surface area contributed by atoms with Gasteiger partial charge in [-0.2, -0.15) is 0 Å². The van der Waals surface area contributed by atoms with E-state index in [0.29, 0.717) is 16.5 Å². The summed E-state index contributed by atoms with van der Waals surface area (Å²) in [5, 5.41) is 1.12. The average Bonchev–Trinajstić information content (AvgIpc) is 2.49. The minimum atomic E-state index is -3.20. The number of unbranched alkanes of at least 4 members (excludes halogenated alkanes) is 9. The van der Waals surface area contributed by atoms with Gasteiger partial charge in [0.15, 0.2) is 0 Å². The highest BCUT2D eigenvalue weighted by Gasteiger charge is 2.20. The summed E-state index contributed by atoms with van der Waals surface area (Å²) in [7, 11) is -3.20. The van der Waals surface area contributed by atoms with Crippen LogP contribution in [-0.2, 0) is 4.57 Å². The Hall–Kier alpha value is -0.300. The van der Waals surface area contributed by atoms with Gasteiger partial charge in [-0.1, -0.05) is 76.3 Å². The van der Waals surface area contributed by atoms with Crippen LogP contribution >= 0.6 is 19.0 Å². The largest absolute Gasteiger partial charge is 0.341 e. The van der Waals surface area contributed by atoms with Gasteiger partial charge in [-0.05, 0) is 30.7 Å². The summed E-state index contributed by atoms with van der Waals surface area (Å²) < 4.78 is 12.3. The number of hydrogen-bond acceptors (Lipinski definition) is 1. The molecule has 0 spiro atoms. The van der Waals surface area contributed by atoms with E-state index in [-0.39, 0.29) is 0 Å². The summed E-state index contributed by atoms with van der Waals surface area (Å²) in [5.74, 6) is 0. The van der Waals surface area contributed by atoms with Crippen LogP contribution in [0.25, 0.3) is 0 Å². The smallest absolute Gasteiger partial charge is 0.229 e. The topological polar surface area (TPSA) is 37.3 Å². The lowest BCUT2D eigenvalue weighted by Gasteiger charge is -2.11.